The molecule has 1 aromatic heterocycles. The molecule has 1 heterocycles. The summed E-state index contributed by atoms with van der Waals surface area (Å²) < 4.78 is 11.0. The van der Waals surface area contributed by atoms with E-state index in [0.29, 0.717) is 17.9 Å². The number of rotatable bonds is 6. The predicted molar refractivity (Wildman–Crippen MR) is 83.1 cm³/mol. The fraction of sp³-hybridized carbons (Fsp3) is 0.375. The van der Waals surface area contributed by atoms with E-state index in [1.807, 2.05) is 31.4 Å². The summed E-state index contributed by atoms with van der Waals surface area (Å²) in [5.74, 6) is 0.605. The summed E-state index contributed by atoms with van der Waals surface area (Å²) in [6.45, 7) is 5.81. The molecule has 0 amide bonds. The molecule has 1 aromatic carbocycles. The maximum atomic E-state index is 11.6. The lowest BCUT2D eigenvalue weighted by atomic mass is 10.1. The third kappa shape index (κ3) is 3.89. The predicted octanol–water partition coefficient (Wildman–Crippen LogP) is 3.94. The molecule has 5 heteroatoms. The van der Waals surface area contributed by atoms with Gasteiger partial charge in [-0.25, -0.2) is 4.98 Å². The van der Waals surface area contributed by atoms with Crippen molar-refractivity contribution in [3.8, 4) is 5.75 Å². The van der Waals surface area contributed by atoms with Crippen molar-refractivity contribution < 1.29 is 14.3 Å². The van der Waals surface area contributed by atoms with E-state index in [4.69, 9.17) is 9.47 Å². The van der Waals surface area contributed by atoms with Gasteiger partial charge in [-0.1, -0.05) is 6.07 Å². The molecule has 0 spiro atoms. The van der Waals surface area contributed by atoms with Gasteiger partial charge in [0.2, 0.25) is 0 Å². The smallest absolute Gasteiger partial charge is 0.163 e. The fourth-order valence-corrected chi connectivity index (χ4v) is 2.70. The van der Waals surface area contributed by atoms with Gasteiger partial charge < -0.3 is 9.47 Å². The Morgan fingerprint density at radius 2 is 2.19 bits per heavy atom. The highest BCUT2D eigenvalue weighted by Gasteiger charge is 2.12. The van der Waals surface area contributed by atoms with Crippen molar-refractivity contribution in [1.82, 2.24) is 4.98 Å². The number of ether oxygens (including phenoxy) is 2. The molecular weight excluding hydrogens is 286 g/mol. The lowest BCUT2D eigenvalue weighted by molar-refractivity contribution is 0.101. The lowest BCUT2D eigenvalue weighted by Crippen LogP contribution is -2.03. The average molecular weight is 305 g/mol. The number of benzene rings is 1. The zero-order valence-electron chi connectivity index (χ0n) is 12.7. The van der Waals surface area contributed by atoms with E-state index < -0.39 is 0 Å². The van der Waals surface area contributed by atoms with Crippen LogP contribution in [0.15, 0.2) is 23.6 Å². The standard InChI is InChI=1S/C16H19NO3S/c1-10-5-6-14(11(2)18)15(7-10)20-8-13-9-21-16(17-13)12(3)19-4/h5-7,9,12H,8H2,1-4H3/t12-/m1/s1. The number of nitrogens with zero attached hydrogens (tertiary/aromatic N) is 1. The second-order valence-electron chi connectivity index (χ2n) is 4.90. The van der Waals surface area contributed by atoms with Crippen molar-refractivity contribution >= 4 is 17.1 Å². The van der Waals surface area contributed by atoms with Crippen LogP contribution in [0.25, 0.3) is 0 Å². The largest absolute Gasteiger partial charge is 0.486 e. The fourth-order valence-electron chi connectivity index (χ4n) is 1.87. The van der Waals surface area contributed by atoms with Gasteiger partial charge in [-0.3, -0.25) is 4.79 Å². The van der Waals surface area contributed by atoms with Crippen molar-refractivity contribution in [3.63, 3.8) is 0 Å². The van der Waals surface area contributed by atoms with Gasteiger partial charge >= 0.3 is 0 Å². The van der Waals surface area contributed by atoms with Gasteiger partial charge in [0.05, 0.1) is 11.3 Å². The lowest BCUT2D eigenvalue weighted by Gasteiger charge is -2.09. The number of carbonyl (C=O) groups excluding carboxylic acids is 1. The molecule has 2 aromatic rings. The van der Waals surface area contributed by atoms with Gasteiger partial charge in [-0.05, 0) is 38.5 Å². The van der Waals surface area contributed by atoms with Crippen LogP contribution in [0.1, 0.15) is 46.6 Å². The molecule has 0 aliphatic carbocycles. The number of Topliss-reactive ketones (excluding diaryl/α,β-unsaturated/α-hetero) is 1. The highest BCUT2D eigenvalue weighted by Crippen LogP contribution is 2.24. The first-order valence-corrected chi connectivity index (χ1v) is 7.60. The number of hydrogen-bond donors (Lipinski definition) is 0. The van der Waals surface area contributed by atoms with Crippen LogP contribution in [-0.4, -0.2) is 17.9 Å². The first kappa shape index (κ1) is 15.7. The van der Waals surface area contributed by atoms with Gasteiger partial charge in [0.25, 0.3) is 0 Å². The third-order valence-electron chi connectivity index (χ3n) is 3.16. The molecule has 0 bridgehead atoms. The highest BCUT2D eigenvalue weighted by atomic mass is 32.1. The molecule has 0 saturated carbocycles. The molecular formula is C16H19NO3S. The quantitative estimate of drug-likeness (QED) is 0.758. The van der Waals surface area contributed by atoms with E-state index in [-0.39, 0.29) is 11.9 Å². The minimum Gasteiger partial charge on any atom is -0.486 e. The topological polar surface area (TPSA) is 48.4 Å². The van der Waals surface area contributed by atoms with Gasteiger partial charge in [-0.15, -0.1) is 11.3 Å². The minimum atomic E-state index is -0.0181. The van der Waals surface area contributed by atoms with Crippen LogP contribution in [-0.2, 0) is 11.3 Å². The summed E-state index contributed by atoms with van der Waals surface area (Å²) in [5, 5.41) is 2.88. The number of thiazole rings is 1. The van der Waals surface area contributed by atoms with Crippen molar-refractivity contribution in [2.75, 3.05) is 7.11 Å². The Labute approximate surface area is 128 Å². The van der Waals surface area contributed by atoms with E-state index in [0.717, 1.165) is 16.3 Å². The monoisotopic (exact) mass is 305 g/mol. The molecule has 21 heavy (non-hydrogen) atoms. The normalized spacial score (nSPS) is 12.2. The number of carbonyl (C=O) groups is 1. The molecule has 4 nitrogen and oxygen atoms in total. The molecule has 0 fully saturated rings. The van der Waals surface area contributed by atoms with Crippen LogP contribution in [0.2, 0.25) is 0 Å². The molecule has 0 unspecified atom stereocenters. The second-order valence-corrected chi connectivity index (χ2v) is 5.79. The van der Waals surface area contributed by atoms with Crippen LogP contribution in [0.4, 0.5) is 0 Å². The average Bonchev–Trinajstić information content (AvgIpc) is 2.93. The Morgan fingerprint density at radius 3 is 2.86 bits per heavy atom. The first-order chi connectivity index (χ1) is 10.0. The molecule has 1 atom stereocenters. The summed E-state index contributed by atoms with van der Waals surface area (Å²) in [7, 11) is 1.66. The van der Waals surface area contributed by atoms with Gasteiger partial charge in [0.1, 0.15) is 23.5 Å². The van der Waals surface area contributed by atoms with Gasteiger partial charge in [-0.2, -0.15) is 0 Å². The summed E-state index contributed by atoms with van der Waals surface area (Å²) >= 11 is 1.55. The summed E-state index contributed by atoms with van der Waals surface area (Å²) in [4.78, 5) is 16.1. The van der Waals surface area contributed by atoms with Crippen LogP contribution in [0, 0.1) is 6.92 Å². The van der Waals surface area contributed by atoms with Crippen LogP contribution < -0.4 is 4.74 Å². The number of aromatic nitrogens is 1. The summed E-state index contributed by atoms with van der Waals surface area (Å²) in [5.41, 5.74) is 2.50. The maximum Gasteiger partial charge on any atom is 0.163 e. The van der Waals surface area contributed by atoms with E-state index in [1.54, 1.807) is 31.4 Å². The van der Waals surface area contributed by atoms with E-state index >= 15 is 0 Å². The number of methoxy groups -OCH3 is 1. The zero-order valence-corrected chi connectivity index (χ0v) is 13.5. The maximum absolute atomic E-state index is 11.6. The summed E-state index contributed by atoms with van der Waals surface area (Å²) in [6.07, 6.45) is -0.0181. The molecule has 0 radical (unpaired) electrons. The Hall–Kier alpha value is -1.72. The van der Waals surface area contributed by atoms with Gasteiger partial charge in [0.15, 0.2) is 5.78 Å². The van der Waals surface area contributed by atoms with E-state index in [9.17, 15) is 4.79 Å². The highest BCUT2D eigenvalue weighted by molar-refractivity contribution is 7.09. The molecule has 112 valence electrons. The van der Waals surface area contributed by atoms with Crippen molar-refractivity contribution in [2.24, 2.45) is 0 Å². The second kappa shape index (κ2) is 6.83. The van der Waals surface area contributed by atoms with Crippen molar-refractivity contribution in [3.05, 3.63) is 45.4 Å². The van der Waals surface area contributed by atoms with Crippen molar-refractivity contribution in [1.29, 1.82) is 0 Å². The third-order valence-corrected chi connectivity index (χ3v) is 4.22. The molecule has 0 aliphatic heterocycles. The molecule has 0 N–H and O–H groups in total. The zero-order chi connectivity index (χ0) is 15.4. The SMILES string of the molecule is CO[C@H](C)c1nc(COc2cc(C)ccc2C(C)=O)cs1. The summed E-state index contributed by atoms with van der Waals surface area (Å²) in [6, 6.07) is 5.58. The number of aryl methyl sites for hydroxylation is 1. The Balaban J connectivity index is 2.11. The number of hydrogen-bond acceptors (Lipinski definition) is 5. The van der Waals surface area contributed by atoms with Crippen LogP contribution in [0.3, 0.4) is 0 Å². The molecule has 0 aliphatic rings. The van der Waals surface area contributed by atoms with Gasteiger partial charge in [0, 0.05) is 12.5 Å². The molecule has 2 rings (SSSR count). The minimum absolute atomic E-state index is 0.00280. The van der Waals surface area contributed by atoms with Crippen LogP contribution in [0.5, 0.6) is 5.75 Å². The van der Waals surface area contributed by atoms with E-state index in [1.165, 1.54) is 0 Å². The Kier molecular flexibility index (Phi) is 5.09. The molecule has 0 saturated heterocycles. The van der Waals surface area contributed by atoms with E-state index in [2.05, 4.69) is 4.98 Å². The Morgan fingerprint density at radius 1 is 1.43 bits per heavy atom. The Bertz CT molecular complexity index is 636. The van der Waals surface area contributed by atoms with Crippen LogP contribution >= 0.6 is 11.3 Å². The number of ketones is 1. The first-order valence-electron chi connectivity index (χ1n) is 6.72. The van der Waals surface area contributed by atoms with Crippen molar-refractivity contribution in [2.45, 2.75) is 33.5 Å².